The van der Waals surface area contributed by atoms with Gasteiger partial charge in [-0.15, -0.1) is 0 Å². The molecule has 0 aromatic carbocycles. The average Bonchev–Trinajstić information content (AvgIpc) is 2.92. The van der Waals surface area contributed by atoms with E-state index in [0.717, 1.165) is 30.8 Å². The number of aromatic amines is 2. The second kappa shape index (κ2) is 5.22. The molecule has 5 nitrogen and oxygen atoms in total. The molecule has 1 aliphatic heterocycles. The van der Waals surface area contributed by atoms with Gasteiger partial charge in [-0.1, -0.05) is 11.8 Å². The van der Waals surface area contributed by atoms with E-state index in [1.54, 1.807) is 0 Å². The first-order valence-electron chi connectivity index (χ1n) is 6.27. The van der Waals surface area contributed by atoms with E-state index < -0.39 is 0 Å². The van der Waals surface area contributed by atoms with Gasteiger partial charge in [0.1, 0.15) is 0 Å². The SMILES string of the molecule is CSc1nc2c(c(=O)[nH]1)CN(Cc1ccc[nH]1)CC2. The molecule has 1 aliphatic rings. The van der Waals surface area contributed by atoms with Gasteiger partial charge in [0.15, 0.2) is 5.16 Å². The lowest BCUT2D eigenvalue weighted by Crippen LogP contribution is -2.35. The van der Waals surface area contributed by atoms with Crippen LogP contribution in [0.25, 0.3) is 0 Å². The zero-order valence-corrected chi connectivity index (χ0v) is 11.6. The average molecular weight is 276 g/mol. The molecule has 0 unspecified atom stereocenters. The number of thioether (sulfide) groups is 1. The summed E-state index contributed by atoms with van der Waals surface area (Å²) in [5.41, 5.74) is 2.95. The molecule has 0 atom stereocenters. The molecular weight excluding hydrogens is 260 g/mol. The quantitative estimate of drug-likeness (QED) is 0.656. The van der Waals surface area contributed by atoms with Gasteiger partial charge in [-0.3, -0.25) is 9.69 Å². The first-order valence-corrected chi connectivity index (χ1v) is 7.49. The molecule has 19 heavy (non-hydrogen) atoms. The molecule has 0 radical (unpaired) electrons. The molecule has 3 heterocycles. The number of nitrogens with one attached hydrogen (secondary N) is 2. The molecule has 0 spiro atoms. The molecule has 0 saturated carbocycles. The van der Waals surface area contributed by atoms with Gasteiger partial charge in [-0.25, -0.2) is 4.98 Å². The molecule has 3 rings (SSSR count). The van der Waals surface area contributed by atoms with Crippen molar-refractivity contribution >= 4 is 11.8 Å². The van der Waals surface area contributed by atoms with Crippen molar-refractivity contribution in [1.29, 1.82) is 0 Å². The van der Waals surface area contributed by atoms with Crippen LogP contribution in [0.4, 0.5) is 0 Å². The monoisotopic (exact) mass is 276 g/mol. The zero-order valence-electron chi connectivity index (χ0n) is 10.8. The summed E-state index contributed by atoms with van der Waals surface area (Å²) in [6, 6.07) is 4.06. The molecule has 0 bridgehead atoms. The molecular formula is C13H16N4OS. The fraction of sp³-hybridized carbons (Fsp3) is 0.385. The third-order valence-corrected chi connectivity index (χ3v) is 3.96. The van der Waals surface area contributed by atoms with Gasteiger partial charge in [0, 0.05) is 37.9 Å². The van der Waals surface area contributed by atoms with Gasteiger partial charge in [0.2, 0.25) is 0 Å². The van der Waals surface area contributed by atoms with Crippen LogP contribution in [0.15, 0.2) is 28.3 Å². The highest BCUT2D eigenvalue weighted by atomic mass is 32.2. The topological polar surface area (TPSA) is 64.8 Å². The van der Waals surface area contributed by atoms with E-state index >= 15 is 0 Å². The Morgan fingerprint density at radius 3 is 3.16 bits per heavy atom. The maximum absolute atomic E-state index is 12.0. The van der Waals surface area contributed by atoms with E-state index in [9.17, 15) is 4.79 Å². The summed E-state index contributed by atoms with van der Waals surface area (Å²) >= 11 is 1.48. The van der Waals surface area contributed by atoms with Gasteiger partial charge in [-0.05, 0) is 18.4 Å². The third-order valence-electron chi connectivity index (χ3n) is 3.38. The summed E-state index contributed by atoms with van der Waals surface area (Å²) in [5, 5.41) is 0.710. The van der Waals surface area contributed by atoms with E-state index in [0.29, 0.717) is 11.7 Å². The largest absolute Gasteiger partial charge is 0.364 e. The van der Waals surface area contributed by atoms with Crippen LogP contribution in [-0.2, 0) is 19.5 Å². The highest BCUT2D eigenvalue weighted by Crippen LogP contribution is 2.17. The van der Waals surface area contributed by atoms with Crippen molar-refractivity contribution in [3.05, 3.63) is 45.6 Å². The summed E-state index contributed by atoms with van der Waals surface area (Å²) in [6.07, 6.45) is 4.69. The lowest BCUT2D eigenvalue weighted by molar-refractivity contribution is 0.238. The van der Waals surface area contributed by atoms with Crippen LogP contribution in [0.3, 0.4) is 0 Å². The Morgan fingerprint density at radius 2 is 2.42 bits per heavy atom. The van der Waals surface area contributed by atoms with E-state index in [4.69, 9.17) is 0 Å². The number of fused-ring (bicyclic) bond motifs is 1. The Hall–Kier alpha value is -1.53. The van der Waals surface area contributed by atoms with Crippen LogP contribution in [0.2, 0.25) is 0 Å². The maximum atomic E-state index is 12.0. The van der Waals surface area contributed by atoms with Crippen molar-refractivity contribution in [3.63, 3.8) is 0 Å². The third kappa shape index (κ3) is 2.59. The molecule has 2 aromatic heterocycles. The van der Waals surface area contributed by atoms with E-state index in [-0.39, 0.29) is 5.56 Å². The smallest absolute Gasteiger partial charge is 0.256 e. The minimum atomic E-state index is 0.00513. The number of rotatable bonds is 3. The molecule has 0 amide bonds. The predicted molar refractivity (Wildman–Crippen MR) is 75.2 cm³/mol. The highest BCUT2D eigenvalue weighted by molar-refractivity contribution is 7.98. The highest BCUT2D eigenvalue weighted by Gasteiger charge is 2.21. The van der Waals surface area contributed by atoms with Crippen LogP contribution in [0.1, 0.15) is 17.0 Å². The molecule has 100 valence electrons. The summed E-state index contributed by atoms with van der Waals surface area (Å²) < 4.78 is 0. The van der Waals surface area contributed by atoms with Gasteiger partial charge in [0.25, 0.3) is 5.56 Å². The minimum Gasteiger partial charge on any atom is -0.364 e. The van der Waals surface area contributed by atoms with Crippen LogP contribution in [0, 0.1) is 0 Å². The van der Waals surface area contributed by atoms with Gasteiger partial charge in [-0.2, -0.15) is 0 Å². The summed E-state index contributed by atoms with van der Waals surface area (Å²) in [5.74, 6) is 0. The Bertz CT molecular complexity index is 620. The number of aromatic nitrogens is 3. The number of H-pyrrole nitrogens is 2. The molecule has 0 saturated heterocycles. The molecule has 6 heteroatoms. The van der Waals surface area contributed by atoms with Crippen LogP contribution >= 0.6 is 11.8 Å². The Balaban J connectivity index is 1.82. The van der Waals surface area contributed by atoms with Crippen molar-refractivity contribution in [3.8, 4) is 0 Å². The predicted octanol–water partition coefficient (Wildman–Crippen LogP) is 1.38. The molecule has 2 aromatic rings. The first kappa shape index (κ1) is 12.5. The van der Waals surface area contributed by atoms with Crippen molar-refractivity contribution in [2.24, 2.45) is 0 Å². The van der Waals surface area contributed by atoms with Crippen LogP contribution in [-0.4, -0.2) is 32.7 Å². The summed E-state index contributed by atoms with van der Waals surface area (Å²) in [4.78, 5) is 24.8. The van der Waals surface area contributed by atoms with Gasteiger partial charge < -0.3 is 9.97 Å². The van der Waals surface area contributed by atoms with E-state index in [1.165, 1.54) is 17.5 Å². The normalized spacial score (nSPS) is 15.4. The van der Waals surface area contributed by atoms with Crippen molar-refractivity contribution in [2.45, 2.75) is 24.7 Å². The second-order valence-electron chi connectivity index (χ2n) is 4.66. The molecule has 2 N–H and O–H groups in total. The van der Waals surface area contributed by atoms with E-state index in [2.05, 4.69) is 25.9 Å². The Morgan fingerprint density at radius 1 is 1.53 bits per heavy atom. The van der Waals surface area contributed by atoms with Crippen molar-refractivity contribution in [2.75, 3.05) is 12.8 Å². The van der Waals surface area contributed by atoms with Gasteiger partial charge >= 0.3 is 0 Å². The second-order valence-corrected chi connectivity index (χ2v) is 5.45. The van der Waals surface area contributed by atoms with Crippen LogP contribution in [0.5, 0.6) is 0 Å². The zero-order chi connectivity index (χ0) is 13.2. The molecule has 0 fully saturated rings. The standard InChI is InChI=1S/C13H16N4OS/c1-19-13-15-11-4-6-17(7-9-3-2-5-14-9)8-10(11)12(18)16-13/h2-3,5,14H,4,6-8H2,1H3,(H,15,16,18). The Labute approximate surface area is 115 Å². The maximum Gasteiger partial charge on any atom is 0.256 e. The first-order chi connectivity index (χ1) is 9.26. The van der Waals surface area contributed by atoms with Crippen molar-refractivity contribution in [1.82, 2.24) is 19.9 Å². The van der Waals surface area contributed by atoms with E-state index in [1.807, 2.05) is 18.5 Å². The lowest BCUT2D eigenvalue weighted by Gasteiger charge is -2.27. The van der Waals surface area contributed by atoms with Gasteiger partial charge in [0.05, 0.1) is 11.3 Å². The summed E-state index contributed by atoms with van der Waals surface area (Å²) in [7, 11) is 0. The Kier molecular flexibility index (Phi) is 3.44. The summed E-state index contributed by atoms with van der Waals surface area (Å²) in [6.45, 7) is 2.46. The van der Waals surface area contributed by atoms with Crippen LogP contribution < -0.4 is 5.56 Å². The fourth-order valence-electron chi connectivity index (χ4n) is 2.40. The number of hydrogen-bond acceptors (Lipinski definition) is 4. The fourth-order valence-corrected chi connectivity index (χ4v) is 2.79. The van der Waals surface area contributed by atoms with Crippen molar-refractivity contribution < 1.29 is 0 Å². The number of nitrogens with zero attached hydrogens (tertiary/aromatic N) is 2. The number of hydrogen-bond donors (Lipinski definition) is 2. The minimum absolute atomic E-state index is 0.00513. The molecule has 0 aliphatic carbocycles. The lowest BCUT2D eigenvalue weighted by atomic mass is 10.1.